The maximum absolute atomic E-state index is 11.5. The average molecular weight is 214 g/mol. The highest BCUT2D eigenvalue weighted by atomic mass is 32.1. The van der Waals surface area contributed by atoms with E-state index in [2.05, 4.69) is 17.5 Å². The van der Waals surface area contributed by atoms with Gasteiger partial charge in [0, 0.05) is 25.7 Å². The molecule has 0 saturated carbocycles. The van der Waals surface area contributed by atoms with E-state index in [1.165, 1.54) is 25.8 Å². The van der Waals surface area contributed by atoms with Gasteiger partial charge in [0.05, 0.1) is 5.75 Å². The molecule has 4 heteroatoms. The quantitative estimate of drug-likeness (QED) is 0.647. The number of nitrogens with zero attached hydrogens (tertiary/aromatic N) is 2. The van der Waals surface area contributed by atoms with Crippen LogP contribution in [0.2, 0.25) is 0 Å². The molecule has 0 aromatic carbocycles. The summed E-state index contributed by atoms with van der Waals surface area (Å²) in [5, 5.41) is 0. The number of piperazine rings is 1. The molecule has 0 aliphatic carbocycles. The molecule has 2 rings (SSSR count). The third-order valence-electron chi connectivity index (χ3n) is 3.33. The summed E-state index contributed by atoms with van der Waals surface area (Å²) >= 11 is 4.04. The summed E-state index contributed by atoms with van der Waals surface area (Å²) in [6.45, 7) is 4.12. The van der Waals surface area contributed by atoms with E-state index < -0.39 is 0 Å². The standard InChI is InChI=1S/C10H18N2OS/c13-10(8-14)12-6-5-11-4-2-1-3-9(11)7-12/h9,14H,1-8H2. The van der Waals surface area contributed by atoms with Crippen LogP contribution in [0.15, 0.2) is 0 Å². The molecule has 80 valence electrons. The Balaban J connectivity index is 1.92. The van der Waals surface area contributed by atoms with Crippen molar-refractivity contribution in [1.82, 2.24) is 9.80 Å². The van der Waals surface area contributed by atoms with Crippen LogP contribution in [0.4, 0.5) is 0 Å². The summed E-state index contributed by atoms with van der Waals surface area (Å²) in [5.74, 6) is 0.547. The van der Waals surface area contributed by atoms with Crippen LogP contribution in [-0.2, 0) is 4.79 Å². The molecule has 0 aromatic rings. The molecule has 2 heterocycles. The fraction of sp³-hybridized carbons (Fsp3) is 0.900. The van der Waals surface area contributed by atoms with Gasteiger partial charge in [0.25, 0.3) is 0 Å². The van der Waals surface area contributed by atoms with E-state index in [4.69, 9.17) is 0 Å². The molecular formula is C10H18N2OS. The smallest absolute Gasteiger partial charge is 0.232 e. The molecule has 1 unspecified atom stereocenters. The number of hydrogen-bond donors (Lipinski definition) is 1. The number of fused-ring (bicyclic) bond motifs is 1. The Morgan fingerprint density at radius 3 is 2.93 bits per heavy atom. The van der Waals surface area contributed by atoms with Crippen molar-refractivity contribution in [3.63, 3.8) is 0 Å². The second-order valence-corrected chi connectivity index (χ2v) is 4.50. The number of thiol groups is 1. The van der Waals surface area contributed by atoms with Crippen molar-refractivity contribution in [1.29, 1.82) is 0 Å². The lowest BCUT2D eigenvalue weighted by Crippen LogP contribution is -2.56. The summed E-state index contributed by atoms with van der Waals surface area (Å²) in [5.41, 5.74) is 0. The molecule has 1 atom stereocenters. The monoisotopic (exact) mass is 214 g/mol. The van der Waals surface area contributed by atoms with E-state index in [9.17, 15) is 4.79 Å². The highest BCUT2D eigenvalue weighted by molar-refractivity contribution is 7.81. The van der Waals surface area contributed by atoms with Gasteiger partial charge in [0.15, 0.2) is 0 Å². The van der Waals surface area contributed by atoms with Gasteiger partial charge in [-0.15, -0.1) is 0 Å². The first-order chi connectivity index (χ1) is 6.81. The maximum Gasteiger partial charge on any atom is 0.232 e. The van der Waals surface area contributed by atoms with Gasteiger partial charge in [-0.05, 0) is 19.4 Å². The van der Waals surface area contributed by atoms with Crippen LogP contribution in [0.3, 0.4) is 0 Å². The molecule has 0 N–H and O–H groups in total. The van der Waals surface area contributed by atoms with Crippen LogP contribution in [0, 0.1) is 0 Å². The van der Waals surface area contributed by atoms with Gasteiger partial charge < -0.3 is 4.90 Å². The Kier molecular flexibility index (Phi) is 3.34. The van der Waals surface area contributed by atoms with Crippen LogP contribution >= 0.6 is 12.6 Å². The minimum absolute atomic E-state index is 0.193. The van der Waals surface area contributed by atoms with Crippen LogP contribution in [0.5, 0.6) is 0 Å². The molecule has 2 saturated heterocycles. The zero-order chi connectivity index (χ0) is 9.97. The van der Waals surface area contributed by atoms with Crippen LogP contribution in [0.1, 0.15) is 19.3 Å². The number of piperidine rings is 1. The lowest BCUT2D eigenvalue weighted by Gasteiger charge is -2.43. The highest BCUT2D eigenvalue weighted by Crippen LogP contribution is 2.20. The Morgan fingerprint density at radius 2 is 2.14 bits per heavy atom. The lowest BCUT2D eigenvalue weighted by molar-refractivity contribution is -0.131. The van der Waals surface area contributed by atoms with E-state index in [0.717, 1.165) is 19.6 Å². The number of amides is 1. The van der Waals surface area contributed by atoms with Crippen molar-refractivity contribution in [3.05, 3.63) is 0 Å². The van der Waals surface area contributed by atoms with Gasteiger partial charge >= 0.3 is 0 Å². The fourth-order valence-electron chi connectivity index (χ4n) is 2.48. The maximum atomic E-state index is 11.5. The lowest BCUT2D eigenvalue weighted by atomic mass is 9.99. The molecule has 0 spiro atoms. The van der Waals surface area contributed by atoms with Gasteiger partial charge in [-0.2, -0.15) is 12.6 Å². The molecule has 2 aliphatic heterocycles. The van der Waals surface area contributed by atoms with Crippen LogP contribution in [-0.4, -0.2) is 53.7 Å². The topological polar surface area (TPSA) is 23.6 Å². The van der Waals surface area contributed by atoms with Gasteiger partial charge in [-0.25, -0.2) is 0 Å². The first kappa shape index (κ1) is 10.3. The summed E-state index contributed by atoms with van der Waals surface area (Å²) in [6, 6.07) is 0.626. The second kappa shape index (κ2) is 4.53. The Bertz CT molecular complexity index is 222. The second-order valence-electron chi connectivity index (χ2n) is 4.18. The van der Waals surface area contributed by atoms with E-state index in [-0.39, 0.29) is 5.91 Å². The molecule has 0 radical (unpaired) electrons. The van der Waals surface area contributed by atoms with Crippen molar-refractivity contribution < 1.29 is 4.79 Å². The molecule has 0 aromatic heterocycles. The molecule has 1 amide bonds. The predicted octanol–water partition coefficient (Wildman–Crippen LogP) is 0.613. The zero-order valence-electron chi connectivity index (χ0n) is 8.48. The number of carbonyl (C=O) groups is 1. The van der Waals surface area contributed by atoms with Crippen molar-refractivity contribution in [2.24, 2.45) is 0 Å². The summed E-state index contributed by atoms with van der Waals surface area (Å²) < 4.78 is 0. The molecular weight excluding hydrogens is 196 g/mol. The largest absolute Gasteiger partial charge is 0.339 e. The minimum atomic E-state index is 0.193. The Morgan fingerprint density at radius 1 is 1.29 bits per heavy atom. The van der Waals surface area contributed by atoms with E-state index >= 15 is 0 Å². The third kappa shape index (κ3) is 2.06. The minimum Gasteiger partial charge on any atom is -0.339 e. The number of hydrogen-bond acceptors (Lipinski definition) is 3. The van der Waals surface area contributed by atoms with E-state index in [1.807, 2.05) is 4.90 Å². The summed E-state index contributed by atoms with van der Waals surface area (Å²) in [4.78, 5) is 16.0. The van der Waals surface area contributed by atoms with Gasteiger partial charge in [-0.1, -0.05) is 6.42 Å². The molecule has 0 bridgehead atoms. The molecule has 3 nitrogen and oxygen atoms in total. The average Bonchev–Trinajstić information content (AvgIpc) is 2.27. The molecule has 2 aliphatic rings. The molecule has 2 fully saturated rings. The Hall–Kier alpha value is -0.220. The first-order valence-corrected chi connectivity index (χ1v) is 6.07. The Labute approximate surface area is 90.8 Å². The van der Waals surface area contributed by atoms with Crippen molar-refractivity contribution in [2.75, 3.05) is 31.9 Å². The van der Waals surface area contributed by atoms with Gasteiger partial charge in [-0.3, -0.25) is 9.69 Å². The third-order valence-corrected chi connectivity index (χ3v) is 3.60. The summed E-state index contributed by atoms with van der Waals surface area (Å²) in [7, 11) is 0. The predicted molar refractivity (Wildman–Crippen MR) is 59.6 cm³/mol. The van der Waals surface area contributed by atoms with Crippen LogP contribution < -0.4 is 0 Å². The van der Waals surface area contributed by atoms with E-state index in [0.29, 0.717) is 11.8 Å². The number of rotatable bonds is 1. The molecule has 14 heavy (non-hydrogen) atoms. The van der Waals surface area contributed by atoms with Crippen molar-refractivity contribution >= 4 is 18.5 Å². The fourth-order valence-corrected chi connectivity index (χ4v) is 2.68. The highest BCUT2D eigenvalue weighted by Gasteiger charge is 2.30. The van der Waals surface area contributed by atoms with Gasteiger partial charge in [0.2, 0.25) is 5.91 Å². The van der Waals surface area contributed by atoms with Crippen molar-refractivity contribution in [2.45, 2.75) is 25.3 Å². The van der Waals surface area contributed by atoms with Crippen LogP contribution in [0.25, 0.3) is 0 Å². The first-order valence-electron chi connectivity index (χ1n) is 5.44. The SMILES string of the molecule is O=C(CS)N1CCN2CCCCC2C1. The number of carbonyl (C=O) groups excluding carboxylic acids is 1. The zero-order valence-corrected chi connectivity index (χ0v) is 9.38. The van der Waals surface area contributed by atoms with E-state index in [1.54, 1.807) is 0 Å². The van der Waals surface area contributed by atoms with Crippen molar-refractivity contribution in [3.8, 4) is 0 Å². The van der Waals surface area contributed by atoms with Gasteiger partial charge in [0.1, 0.15) is 0 Å². The summed E-state index contributed by atoms with van der Waals surface area (Å²) in [6.07, 6.45) is 3.91. The normalized spacial score (nSPS) is 28.6.